The van der Waals surface area contributed by atoms with E-state index in [0.717, 1.165) is 28.7 Å². The van der Waals surface area contributed by atoms with Crippen LogP contribution in [0.1, 0.15) is 16.8 Å². The highest BCUT2D eigenvalue weighted by Crippen LogP contribution is 2.34. The molecule has 1 N–H and O–H groups in total. The fourth-order valence-electron chi connectivity index (χ4n) is 2.39. The number of benzene rings is 1. The van der Waals surface area contributed by atoms with Gasteiger partial charge in [-0.1, -0.05) is 23.2 Å². The number of alkyl halides is 3. The van der Waals surface area contributed by atoms with E-state index in [0.29, 0.717) is 6.42 Å². The average Bonchev–Trinajstić information content (AvgIpc) is 2.60. The molecule has 1 aliphatic heterocycles. The molecule has 0 saturated carbocycles. The van der Waals surface area contributed by atoms with Crippen molar-refractivity contribution in [3.05, 3.63) is 45.8 Å². The lowest BCUT2D eigenvalue weighted by molar-refractivity contribution is -0.154. The third kappa shape index (κ3) is 5.91. The summed E-state index contributed by atoms with van der Waals surface area (Å²) in [5, 5.41) is -0.568. The quantitative estimate of drug-likeness (QED) is 0.558. The fraction of sp³-hybridized carbons (Fsp3) is 0.294. The highest BCUT2D eigenvalue weighted by atomic mass is 35.5. The molecule has 1 aromatic heterocycles. The number of rotatable bonds is 7. The van der Waals surface area contributed by atoms with Crippen LogP contribution in [0.25, 0.3) is 0 Å². The van der Waals surface area contributed by atoms with Crippen molar-refractivity contribution < 1.29 is 40.2 Å². The molecule has 0 aliphatic carbocycles. The molecular formula is C17H13Cl2F4N3O5S. The van der Waals surface area contributed by atoms with Crippen LogP contribution in [0.15, 0.2) is 24.4 Å². The summed E-state index contributed by atoms with van der Waals surface area (Å²) in [7, 11) is -4.09. The van der Waals surface area contributed by atoms with Gasteiger partial charge in [0.25, 0.3) is 5.91 Å². The largest absolute Gasteiger partial charge is 0.467 e. The topological polar surface area (TPSA) is 97.8 Å². The van der Waals surface area contributed by atoms with E-state index in [2.05, 4.69) is 9.72 Å². The van der Waals surface area contributed by atoms with Crippen LogP contribution in [0.4, 0.5) is 17.6 Å². The molecule has 0 unspecified atom stereocenters. The Labute approximate surface area is 189 Å². The second kappa shape index (κ2) is 9.25. The van der Waals surface area contributed by atoms with Crippen molar-refractivity contribution in [2.24, 2.45) is 0 Å². The van der Waals surface area contributed by atoms with Gasteiger partial charge in [-0.25, -0.2) is 14.1 Å². The summed E-state index contributed by atoms with van der Waals surface area (Å²) < 4.78 is 87.6. The molecule has 32 heavy (non-hydrogen) atoms. The second-order valence-electron chi connectivity index (χ2n) is 6.42. The number of halogens is 6. The summed E-state index contributed by atoms with van der Waals surface area (Å²) in [4.78, 5) is 15.8. The Morgan fingerprint density at radius 2 is 1.88 bits per heavy atom. The van der Waals surface area contributed by atoms with E-state index in [4.69, 9.17) is 27.9 Å². The van der Waals surface area contributed by atoms with Gasteiger partial charge in [-0.2, -0.15) is 25.9 Å². The SMILES string of the molecule is O=C(NS(=O)(=O)N1CCC1)c1cc(Cl)c(Oc2cnc(OCC(F)(F)F)c(Cl)c2)cc1F. The molecule has 0 bridgehead atoms. The van der Waals surface area contributed by atoms with Crippen LogP contribution in [0.3, 0.4) is 0 Å². The van der Waals surface area contributed by atoms with Gasteiger partial charge in [0.1, 0.15) is 22.3 Å². The van der Waals surface area contributed by atoms with Gasteiger partial charge in [0.15, 0.2) is 6.61 Å². The molecular weight excluding hydrogens is 505 g/mol. The Morgan fingerprint density at radius 3 is 2.44 bits per heavy atom. The van der Waals surface area contributed by atoms with E-state index in [9.17, 15) is 30.8 Å². The maximum absolute atomic E-state index is 14.4. The lowest BCUT2D eigenvalue weighted by atomic mass is 10.2. The molecule has 15 heteroatoms. The molecule has 0 radical (unpaired) electrons. The van der Waals surface area contributed by atoms with E-state index >= 15 is 0 Å². The monoisotopic (exact) mass is 517 g/mol. The highest BCUT2D eigenvalue weighted by molar-refractivity contribution is 7.87. The number of aromatic nitrogens is 1. The van der Waals surface area contributed by atoms with Crippen molar-refractivity contribution in [2.75, 3.05) is 19.7 Å². The summed E-state index contributed by atoms with van der Waals surface area (Å²) in [5.74, 6) is -3.26. The van der Waals surface area contributed by atoms with Crippen molar-refractivity contribution >= 4 is 39.3 Å². The summed E-state index contributed by atoms with van der Waals surface area (Å²) in [6, 6.07) is 2.66. The van der Waals surface area contributed by atoms with Crippen LogP contribution in [0, 0.1) is 5.82 Å². The van der Waals surface area contributed by atoms with E-state index < -0.39 is 46.2 Å². The van der Waals surface area contributed by atoms with Gasteiger partial charge in [0.2, 0.25) is 5.88 Å². The van der Waals surface area contributed by atoms with Crippen LogP contribution in [0.2, 0.25) is 10.0 Å². The van der Waals surface area contributed by atoms with E-state index in [1.165, 1.54) is 0 Å². The van der Waals surface area contributed by atoms with Crippen molar-refractivity contribution in [2.45, 2.75) is 12.6 Å². The first-order valence-corrected chi connectivity index (χ1v) is 10.9. The lowest BCUT2D eigenvalue weighted by Crippen LogP contribution is -2.49. The predicted octanol–water partition coefficient (Wildman–Crippen LogP) is 3.94. The fourth-order valence-corrected chi connectivity index (χ4v) is 4.02. The molecule has 1 aliphatic rings. The Bertz CT molecular complexity index is 1140. The predicted molar refractivity (Wildman–Crippen MR) is 105 cm³/mol. The summed E-state index contributed by atoms with van der Waals surface area (Å²) in [6.45, 7) is -1.11. The van der Waals surface area contributed by atoms with E-state index in [1.54, 1.807) is 4.72 Å². The number of nitrogens with one attached hydrogen (secondary N) is 1. The van der Waals surface area contributed by atoms with Gasteiger partial charge in [0.05, 0.1) is 16.8 Å². The van der Waals surface area contributed by atoms with Crippen LogP contribution in [0.5, 0.6) is 17.4 Å². The van der Waals surface area contributed by atoms with Crippen LogP contribution in [-0.2, 0) is 10.2 Å². The van der Waals surface area contributed by atoms with Crippen LogP contribution >= 0.6 is 23.2 Å². The summed E-state index contributed by atoms with van der Waals surface area (Å²) in [5.41, 5.74) is -0.640. The number of pyridine rings is 1. The summed E-state index contributed by atoms with van der Waals surface area (Å²) >= 11 is 11.8. The van der Waals surface area contributed by atoms with E-state index in [1.807, 2.05) is 0 Å². The molecule has 1 fully saturated rings. The van der Waals surface area contributed by atoms with Gasteiger partial charge in [-0.15, -0.1) is 0 Å². The van der Waals surface area contributed by atoms with Crippen LogP contribution < -0.4 is 14.2 Å². The van der Waals surface area contributed by atoms with Gasteiger partial charge >= 0.3 is 16.4 Å². The average molecular weight is 518 g/mol. The molecule has 1 saturated heterocycles. The number of carbonyl (C=O) groups excluding carboxylic acids is 1. The van der Waals surface area contributed by atoms with Crippen molar-refractivity contribution in [1.29, 1.82) is 0 Å². The zero-order valence-electron chi connectivity index (χ0n) is 15.7. The standard InChI is InChI=1S/C17H13Cl2F4N3O5S/c18-11-5-10(15(27)25-32(28,29)26-2-1-3-26)13(20)6-14(11)31-9-4-12(19)16(24-7-9)30-8-17(21,22)23/h4-7H,1-3,8H2,(H,25,27). The third-order valence-corrected chi connectivity index (χ3v) is 6.08. The number of amides is 1. The van der Waals surface area contributed by atoms with Gasteiger partial charge < -0.3 is 9.47 Å². The molecule has 0 spiro atoms. The normalized spacial score (nSPS) is 14.6. The molecule has 1 amide bonds. The Balaban J connectivity index is 1.74. The maximum atomic E-state index is 14.4. The minimum absolute atomic E-state index is 0.117. The zero-order chi connectivity index (χ0) is 23.7. The van der Waals surface area contributed by atoms with E-state index in [-0.39, 0.29) is 34.6 Å². The van der Waals surface area contributed by atoms with Gasteiger partial charge in [-0.3, -0.25) is 4.79 Å². The Hall–Kier alpha value is -2.35. The minimum Gasteiger partial charge on any atom is -0.467 e. The molecule has 8 nitrogen and oxygen atoms in total. The van der Waals surface area contributed by atoms with Crippen molar-refractivity contribution in [3.8, 4) is 17.4 Å². The number of ether oxygens (including phenoxy) is 2. The van der Waals surface area contributed by atoms with Crippen molar-refractivity contribution in [3.63, 3.8) is 0 Å². The molecule has 2 heterocycles. The van der Waals surface area contributed by atoms with Gasteiger partial charge in [0, 0.05) is 25.2 Å². The molecule has 3 rings (SSSR count). The molecule has 1 aromatic carbocycles. The maximum Gasteiger partial charge on any atom is 0.422 e. The smallest absolute Gasteiger partial charge is 0.422 e. The van der Waals surface area contributed by atoms with Crippen LogP contribution in [-0.4, -0.2) is 49.5 Å². The first kappa shape index (κ1) is 24.3. The van der Waals surface area contributed by atoms with Gasteiger partial charge in [-0.05, 0) is 12.5 Å². The number of carbonyl (C=O) groups is 1. The number of hydrogen-bond donors (Lipinski definition) is 1. The number of nitrogens with zero attached hydrogens (tertiary/aromatic N) is 2. The number of hydrogen-bond acceptors (Lipinski definition) is 6. The third-order valence-electron chi connectivity index (χ3n) is 4.03. The minimum atomic E-state index is -4.59. The molecule has 174 valence electrons. The Kier molecular flexibility index (Phi) is 7.03. The zero-order valence-corrected chi connectivity index (χ0v) is 18.1. The molecule has 2 aromatic rings. The van der Waals surface area contributed by atoms with Crippen molar-refractivity contribution in [1.82, 2.24) is 14.0 Å². The first-order valence-electron chi connectivity index (χ1n) is 8.70. The molecule has 0 atom stereocenters. The first-order chi connectivity index (χ1) is 14.9. The second-order valence-corrected chi connectivity index (χ2v) is 8.90. The highest BCUT2D eigenvalue weighted by Gasteiger charge is 2.31. The summed E-state index contributed by atoms with van der Waals surface area (Å²) in [6.07, 6.45) is -2.98. The Morgan fingerprint density at radius 1 is 1.19 bits per heavy atom. The lowest BCUT2D eigenvalue weighted by Gasteiger charge is -2.29.